The Morgan fingerprint density at radius 3 is 2.76 bits per heavy atom. The smallest absolute Gasteiger partial charge is 0.253 e. The first kappa shape index (κ1) is 13.6. The summed E-state index contributed by atoms with van der Waals surface area (Å²) < 4.78 is 0. The van der Waals surface area contributed by atoms with Crippen LogP contribution in [0.15, 0.2) is 24.3 Å². The van der Waals surface area contributed by atoms with E-state index in [0.717, 1.165) is 24.2 Å². The summed E-state index contributed by atoms with van der Waals surface area (Å²) in [5, 5.41) is 3.04. The molecule has 0 aromatic heterocycles. The minimum atomic E-state index is 0.0956. The lowest BCUT2D eigenvalue weighted by Crippen LogP contribution is -2.27. The van der Waals surface area contributed by atoms with Crippen molar-refractivity contribution < 1.29 is 4.79 Å². The fourth-order valence-corrected chi connectivity index (χ4v) is 1.73. The number of carbonyl (C=O) groups is 1. The Morgan fingerprint density at radius 1 is 1.35 bits per heavy atom. The Kier molecular flexibility index (Phi) is 5.53. The first-order chi connectivity index (χ1) is 8.19. The van der Waals surface area contributed by atoms with Gasteiger partial charge in [0.15, 0.2) is 0 Å². The molecular weight excluding hydrogens is 212 g/mol. The molecule has 0 radical (unpaired) electrons. The van der Waals surface area contributed by atoms with Gasteiger partial charge in [-0.3, -0.25) is 4.79 Å². The maximum absolute atomic E-state index is 12.1. The topological polar surface area (TPSA) is 32.3 Å². The van der Waals surface area contributed by atoms with E-state index in [1.165, 1.54) is 12.8 Å². The van der Waals surface area contributed by atoms with Crippen molar-refractivity contribution >= 4 is 11.6 Å². The van der Waals surface area contributed by atoms with E-state index in [4.69, 9.17) is 0 Å². The lowest BCUT2D eigenvalue weighted by molar-refractivity contribution is 0.0793. The molecule has 0 atom stereocenters. The molecule has 1 rings (SSSR count). The van der Waals surface area contributed by atoms with Gasteiger partial charge in [0.05, 0.1) is 0 Å². The first-order valence-corrected chi connectivity index (χ1v) is 6.22. The van der Waals surface area contributed by atoms with Gasteiger partial charge >= 0.3 is 0 Å². The second kappa shape index (κ2) is 6.94. The highest BCUT2D eigenvalue weighted by molar-refractivity contribution is 5.94. The normalized spacial score (nSPS) is 10.1. The van der Waals surface area contributed by atoms with E-state index < -0.39 is 0 Å². The van der Waals surface area contributed by atoms with Crippen LogP contribution in [0, 0.1) is 0 Å². The third-order valence-electron chi connectivity index (χ3n) is 2.84. The van der Waals surface area contributed by atoms with Crippen LogP contribution in [0.25, 0.3) is 0 Å². The SMILES string of the molecule is CCCCCN(C)C(=O)c1cccc(NC)c1. The van der Waals surface area contributed by atoms with Gasteiger partial charge in [-0.1, -0.05) is 25.8 Å². The Bertz CT molecular complexity index is 363. The highest BCUT2D eigenvalue weighted by Crippen LogP contribution is 2.12. The van der Waals surface area contributed by atoms with Crippen molar-refractivity contribution in [2.45, 2.75) is 26.2 Å². The predicted molar refractivity (Wildman–Crippen MR) is 72.5 cm³/mol. The van der Waals surface area contributed by atoms with Gasteiger partial charge in [-0.05, 0) is 24.6 Å². The number of carbonyl (C=O) groups excluding carboxylic acids is 1. The van der Waals surface area contributed by atoms with Crippen molar-refractivity contribution in [3.05, 3.63) is 29.8 Å². The van der Waals surface area contributed by atoms with Crippen LogP contribution >= 0.6 is 0 Å². The number of hydrogen-bond donors (Lipinski definition) is 1. The molecule has 1 aromatic rings. The Balaban J connectivity index is 2.61. The van der Waals surface area contributed by atoms with Gasteiger partial charge in [-0.15, -0.1) is 0 Å². The van der Waals surface area contributed by atoms with E-state index in [0.29, 0.717) is 0 Å². The molecule has 17 heavy (non-hydrogen) atoms. The standard InChI is InChI=1S/C14H22N2O/c1-4-5-6-10-16(3)14(17)12-8-7-9-13(11-12)15-2/h7-9,11,15H,4-6,10H2,1-3H3. The fourth-order valence-electron chi connectivity index (χ4n) is 1.73. The summed E-state index contributed by atoms with van der Waals surface area (Å²) in [6, 6.07) is 7.60. The van der Waals surface area contributed by atoms with E-state index in [-0.39, 0.29) is 5.91 Å². The third-order valence-corrected chi connectivity index (χ3v) is 2.84. The van der Waals surface area contributed by atoms with E-state index >= 15 is 0 Å². The predicted octanol–water partition coefficient (Wildman–Crippen LogP) is 2.99. The molecule has 0 aliphatic rings. The van der Waals surface area contributed by atoms with Crippen LogP contribution in [-0.2, 0) is 0 Å². The molecular formula is C14H22N2O. The van der Waals surface area contributed by atoms with Crippen molar-refractivity contribution in [1.82, 2.24) is 4.90 Å². The summed E-state index contributed by atoms with van der Waals surface area (Å²) >= 11 is 0. The molecule has 0 saturated heterocycles. The molecule has 0 bridgehead atoms. The molecule has 0 unspecified atom stereocenters. The van der Waals surface area contributed by atoms with Gasteiger partial charge in [0.1, 0.15) is 0 Å². The van der Waals surface area contributed by atoms with E-state index in [1.807, 2.05) is 38.4 Å². The number of nitrogens with one attached hydrogen (secondary N) is 1. The molecule has 3 heteroatoms. The molecule has 0 aliphatic heterocycles. The minimum absolute atomic E-state index is 0.0956. The van der Waals surface area contributed by atoms with Crippen LogP contribution in [0.2, 0.25) is 0 Å². The zero-order valence-corrected chi connectivity index (χ0v) is 11.0. The number of rotatable bonds is 6. The van der Waals surface area contributed by atoms with Crippen LogP contribution in [-0.4, -0.2) is 31.4 Å². The lowest BCUT2D eigenvalue weighted by atomic mass is 10.1. The molecule has 0 saturated carbocycles. The molecule has 1 N–H and O–H groups in total. The number of nitrogens with zero attached hydrogens (tertiary/aromatic N) is 1. The second-order valence-corrected chi connectivity index (χ2v) is 4.26. The van der Waals surface area contributed by atoms with Crippen molar-refractivity contribution in [2.75, 3.05) is 26.0 Å². The minimum Gasteiger partial charge on any atom is -0.388 e. The van der Waals surface area contributed by atoms with Gasteiger partial charge in [0, 0.05) is 31.9 Å². The molecule has 0 spiro atoms. The van der Waals surface area contributed by atoms with Crippen LogP contribution < -0.4 is 5.32 Å². The van der Waals surface area contributed by atoms with E-state index in [1.54, 1.807) is 4.90 Å². The van der Waals surface area contributed by atoms with Gasteiger partial charge < -0.3 is 10.2 Å². The van der Waals surface area contributed by atoms with Crippen LogP contribution in [0.3, 0.4) is 0 Å². The number of unbranched alkanes of at least 4 members (excludes halogenated alkanes) is 2. The summed E-state index contributed by atoms with van der Waals surface area (Å²) in [7, 11) is 3.72. The number of anilines is 1. The Hall–Kier alpha value is -1.51. The van der Waals surface area contributed by atoms with Crippen molar-refractivity contribution in [3.8, 4) is 0 Å². The summed E-state index contributed by atoms with van der Waals surface area (Å²) in [6.45, 7) is 2.99. The number of amides is 1. The van der Waals surface area contributed by atoms with Crippen molar-refractivity contribution in [1.29, 1.82) is 0 Å². The maximum Gasteiger partial charge on any atom is 0.253 e. The van der Waals surface area contributed by atoms with Crippen LogP contribution in [0.1, 0.15) is 36.5 Å². The first-order valence-electron chi connectivity index (χ1n) is 6.22. The van der Waals surface area contributed by atoms with E-state index in [2.05, 4.69) is 12.2 Å². The quantitative estimate of drug-likeness (QED) is 0.767. The average Bonchev–Trinajstić information content (AvgIpc) is 2.38. The molecule has 1 amide bonds. The van der Waals surface area contributed by atoms with E-state index in [9.17, 15) is 4.79 Å². The van der Waals surface area contributed by atoms with Gasteiger partial charge in [0.25, 0.3) is 5.91 Å². The fraction of sp³-hybridized carbons (Fsp3) is 0.500. The average molecular weight is 234 g/mol. The maximum atomic E-state index is 12.1. The highest BCUT2D eigenvalue weighted by atomic mass is 16.2. The molecule has 0 fully saturated rings. The second-order valence-electron chi connectivity index (χ2n) is 4.26. The molecule has 94 valence electrons. The Labute approximate surface area is 104 Å². The van der Waals surface area contributed by atoms with Gasteiger partial charge in [-0.25, -0.2) is 0 Å². The summed E-state index contributed by atoms with van der Waals surface area (Å²) in [5.41, 5.74) is 1.72. The zero-order valence-electron chi connectivity index (χ0n) is 11.0. The van der Waals surface area contributed by atoms with Crippen LogP contribution in [0.5, 0.6) is 0 Å². The van der Waals surface area contributed by atoms with Crippen molar-refractivity contribution in [2.24, 2.45) is 0 Å². The lowest BCUT2D eigenvalue weighted by Gasteiger charge is -2.17. The Morgan fingerprint density at radius 2 is 2.12 bits per heavy atom. The third kappa shape index (κ3) is 4.10. The molecule has 1 aromatic carbocycles. The molecule has 0 aliphatic carbocycles. The molecule has 0 heterocycles. The van der Waals surface area contributed by atoms with Crippen LogP contribution in [0.4, 0.5) is 5.69 Å². The summed E-state index contributed by atoms with van der Waals surface area (Å²) in [5.74, 6) is 0.0956. The van der Waals surface area contributed by atoms with Gasteiger partial charge in [0.2, 0.25) is 0 Å². The van der Waals surface area contributed by atoms with Gasteiger partial charge in [-0.2, -0.15) is 0 Å². The monoisotopic (exact) mass is 234 g/mol. The number of hydrogen-bond acceptors (Lipinski definition) is 2. The largest absolute Gasteiger partial charge is 0.388 e. The van der Waals surface area contributed by atoms with Crippen molar-refractivity contribution in [3.63, 3.8) is 0 Å². The summed E-state index contributed by atoms with van der Waals surface area (Å²) in [6.07, 6.45) is 3.43. The highest BCUT2D eigenvalue weighted by Gasteiger charge is 2.11. The number of benzene rings is 1. The zero-order chi connectivity index (χ0) is 12.7. The molecule has 3 nitrogen and oxygen atoms in total. The summed E-state index contributed by atoms with van der Waals surface area (Å²) in [4.78, 5) is 13.9.